The van der Waals surface area contributed by atoms with Crippen molar-refractivity contribution in [3.8, 4) is 0 Å². The summed E-state index contributed by atoms with van der Waals surface area (Å²) in [5, 5.41) is 27.2. The molecule has 1 saturated heterocycles. The summed E-state index contributed by atoms with van der Waals surface area (Å²) < 4.78 is 21.2. The fraction of sp³-hybridized carbons (Fsp3) is 0.500. The van der Waals surface area contributed by atoms with E-state index in [2.05, 4.69) is 10.4 Å². The number of halogens is 1. The van der Waals surface area contributed by atoms with Gasteiger partial charge in [0.05, 0.1) is 37.2 Å². The minimum absolute atomic E-state index is 0.142. The van der Waals surface area contributed by atoms with Gasteiger partial charge in [0.25, 0.3) is 11.5 Å². The van der Waals surface area contributed by atoms with Crippen LogP contribution >= 0.6 is 0 Å². The van der Waals surface area contributed by atoms with Gasteiger partial charge in [0.1, 0.15) is 18.3 Å². The van der Waals surface area contributed by atoms with E-state index in [1.54, 1.807) is 15.9 Å². The number of ether oxygens (including phenoxy) is 1. The molecule has 4 N–H and O–H groups in total. The lowest BCUT2D eigenvalue weighted by atomic mass is 9.97. The van der Waals surface area contributed by atoms with Gasteiger partial charge in [-0.1, -0.05) is 0 Å². The Morgan fingerprint density at radius 1 is 1.39 bits per heavy atom. The number of aromatic amines is 1. The van der Waals surface area contributed by atoms with E-state index in [1.807, 2.05) is 6.92 Å². The van der Waals surface area contributed by atoms with Gasteiger partial charge < -0.3 is 20.3 Å². The number of H-pyrrole nitrogens is 1. The summed E-state index contributed by atoms with van der Waals surface area (Å²) in [7, 11) is 0. The smallest absolute Gasteiger partial charge is 0.328 e. The summed E-state index contributed by atoms with van der Waals surface area (Å²) in [4.78, 5) is 36.8. The molecule has 0 unspecified atom stereocenters. The first-order chi connectivity index (χ1) is 13.3. The highest BCUT2D eigenvalue weighted by Crippen LogP contribution is 2.17. The van der Waals surface area contributed by atoms with Crippen molar-refractivity contribution >= 4 is 5.91 Å². The summed E-state index contributed by atoms with van der Waals surface area (Å²) in [6.07, 6.45) is -0.267. The molecule has 0 aliphatic carbocycles. The fourth-order valence-corrected chi connectivity index (χ4v) is 2.89. The minimum Gasteiger partial charge on any atom is -0.388 e. The van der Waals surface area contributed by atoms with Gasteiger partial charge in [0, 0.05) is 12.7 Å². The average molecular weight is 397 g/mol. The minimum atomic E-state index is -1.46. The first-order valence-corrected chi connectivity index (χ1v) is 8.60. The van der Waals surface area contributed by atoms with Crippen LogP contribution in [0.5, 0.6) is 0 Å². The summed E-state index contributed by atoms with van der Waals surface area (Å²) in [6.45, 7) is 2.02. The number of rotatable bonds is 5. The van der Waals surface area contributed by atoms with Crippen molar-refractivity contribution in [1.29, 1.82) is 0 Å². The van der Waals surface area contributed by atoms with E-state index in [-0.39, 0.29) is 13.2 Å². The Bertz CT molecular complexity index is 969. The number of amides is 1. The maximum Gasteiger partial charge on any atom is 0.328 e. The lowest BCUT2D eigenvalue weighted by Gasteiger charge is -2.38. The number of aromatic nitrogens is 4. The number of carbonyl (C=O) groups is 1. The monoisotopic (exact) mass is 397 g/mol. The molecule has 2 aromatic rings. The summed E-state index contributed by atoms with van der Waals surface area (Å²) in [5.41, 5.74) is -1.73. The quantitative estimate of drug-likeness (QED) is 0.447. The van der Waals surface area contributed by atoms with Crippen molar-refractivity contribution in [3.05, 3.63) is 50.8 Å². The third kappa shape index (κ3) is 4.03. The standard InChI is InChI=1S/C16H20FN5O6/c1-2-22-4-8(3-18-22)14(25)19-10-7-28-11(13(24)12(10)23)6-21-5-9(17)15(26)20-16(21)27/h3-5,10-13,23-24H,2,6-7H2,1H3,(H,19,25)(H,20,26,27)/t10-,11-,12+,13-/m1/s1. The molecule has 0 bridgehead atoms. The molecule has 1 amide bonds. The number of aliphatic hydroxyl groups excluding tert-OH is 2. The Morgan fingerprint density at radius 2 is 2.14 bits per heavy atom. The molecule has 1 aliphatic rings. The Balaban J connectivity index is 1.65. The van der Waals surface area contributed by atoms with Gasteiger partial charge in [-0.25, -0.2) is 4.79 Å². The van der Waals surface area contributed by atoms with E-state index in [9.17, 15) is 29.0 Å². The molecule has 1 aliphatic heterocycles. The number of nitrogens with zero attached hydrogens (tertiary/aromatic N) is 3. The zero-order valence-electron chi connectivity index (χ0n) is 14.9. The predicted molar refractivity (Wildman–Crippen MR) is 92.2 cm³/mol. The second kappa shape index (κ2) is 8.04. The van der Waals surface area contributed by atoms with E-state index >= 15 is 0 Å². The molecule has 11 nitrogen and oxygen atoms in total. The molecule has 152 valence electrons. The van der Waals surface area contributed by atoms with E-state index in [4.69, 9.17) is 4.74 Å². The van der Waals surface area contributed by atoms with Crippen LogP contribution in [-0.4, -0.2) is 66.4 Å². The van der Waals surface area contributed by atoms with Gasteiger partial charge >= 0.3 is 5.69 Å². The molecule has 1 fully saturated rings. The molecular weight excluding hydrogens is 377 g/mol. The van der Waals surface area contributed by atoms with E-state index < -0.39 is 47.3 Å². The Hall–Kier alpha value is -2.83. The lowest BCUT2D eigenvalue weighted by molar-refractivity contribution is -0.152. The molecule has 0 aromatic carbocycles. The van der Waals surface area contributed by atoms with Crippen LogP contribution in [0.1, 0.15) is 17.3 Å². The van der Waals surface area contributed by atoms with Gasteiger partial charge in [0.2, 0.25) is 5.82 Å². The van der Waals surface area contributed by atoms with E-state index in [1.165, 1.54) is 6.20 Å². The predicted octanol–water partition coefficient (Wildman–Crippen LogP) is -2.19. The SMILES string of the molecule is CCn1cc(C(=O)N[C@@H]2CO[C@H](Cn3cc(F)c(=O)[nH]c3=O)[C@@H](O)[C@H]2O)cn1. The Kier molecular flexibility index (Phi) is 5.72. The molecular formula is C16H20FN5O6. The molecule has 2 aromatic heterocycles. The van der Waals surface area contributed by atoms with Gasteiger partial charge in [-0.15, -0.1) is 0 Å². The Morgan fingerprint density at radius 3 is 2.82 bits per heavy atom. The third-order valence-corrected chi connectivity index (χ3v) is 4.51. The zero-order chi connectivity index (χ0) is 20.4. The Labute approximate surface area is 157 Å². The maximum absolute atomic E-state index is 13.4. The molecule has 3 heterocycles. The molecule has 28 heavy (non-hydrogen) atoms. The molecule has 0 radical (unpaired) electrons. The van der Waals surface area contributed by atoms with Crippen LogP contribution < -0.4 is 16.6 Å². The van der Waals surface area contributed by atoms with Gasteiger partial charge in [-0.2, -0.15) is 9.49 Å². The zero-order valence-corrected chi connectivity index (χ0v) is 14.9. The molecule has 3 rings (SSSR count). The second-order valence-corrected chi connectivity index (χ2v) is 6.41. The van der Waals surface area contributed by atoms with Crippen molar-refractivity contribution in [3.63, 3.8) is 0 Å². The van der Waals surface area contributed by atoms with Crippen LogP contribution in [0.2, 0.25) is 0 Å². The highest BCUT2D eigenvalue weighted by molar-refractivity contribution is 5.93. The normalized spacial score (nSPS) is 24.9. The highest BCUT2D eigenvalue weighted by atomic mass is 19.1. The number of hydrogen-bond donors (Lipinski definition) is 4. The van der Waals surface area contributed by atoms with Gasteiger partial charge in [-0.05, 0) is 6.92 Å². The van der Waals surface area contributed by atoms with Gasteiger partial charge in [-0.3, -0.25) is 23.8 Å². The highest BCUT2D eigenvalue weighted by Gasteiger charge is 2.39. The van der Waals surface area contributed by atoms with Crippen molar-refractivity contribution < 1.29 is 24.1 Å². The lowest BCUT2D eigenvalue weighted by Crippen LogP contribution is -2.60. The third-order valence-electron chi connectivity index (χ3n) is 4.51. The summed E-state index contributed by atoms with van der Waals surface area (Å²) >= 11 is 0. The largest absolute Gasteiger partial charge is 0.388 e. The van der Waals surface area contributed by atoms with Gasteiger partial charge in [0.15, 0.2) is 0 Å². The van der Waals surface area contributed by atoms with Crippen LogP contribution in [-0.2, 0) is 17.8 Å². The number of carbonyl (C=O) groups excluding carboxylic acids is 1. The first-order valence-electron chi connectivity index (χ1n) is 8.60. The van der Waals surface area contributed by atoms with Crippen LogP contribution in [0.15, 0.2) is 28.2 Å². The number of aryl methyl sites for hydroxylation is 1. The van der Waals surface area contributed by atoms with Crippen LogP contribution in [0, 0.1) is 5.82 Å². The van der Waals surface area contributed by atoms with E-state index in [0.717, 1.165) is 4.57 Å². The van der Waals surface area contributed by atoms with Crippen LogP contribution in [0.3, 0.4) is 0 Å². The average Bonchev–Trinajstić information content (AvgIpc) is 3.15. The van der Waals surface area contributed by atoms with E-state index in [0.29, 0.717) is 18.3 Å². The van der Waals surface area contributed by atoms with Crippen molar-refractivity contribution in [2.45, 2.75) is 44.4 Å². The topological polar surface area (TPSA) is 151 Å². The molecule has 0 saturated carbocycles. The van der Waals surface area contributed by atoms with Crippen LogP contribution in [0.4, 0.5) is 4.39 Å². The maximum atomic E-state index is 13.4. The molecule has 12 heteroatoms. The molecule has 4 atom stereocenters. The molecule has 0 spiro atoms. The first kappa shape index (κ1) is 19.9. The van der Waals surface area contributed by atoms with Crippen molar-refractivity contribution in [1.82, 2.24) is 24.6 Å². The van der Waals surface area contributed by atoms with Crippen molar-refractivity contribution in [2.75, 3.05) is 6.61 Å². The number of nitrogens with one attached hydrogen (secondary N) is 2. The summed E-state index contributed by atoms with van der Waals surface area (Å²) in [6, 6.07) is -0.896. The second-order valence-electron chi connectivity index (χ2n) is 6.41. The number of aliphatic hydroxyl groups is 2. The van der Waals surface area contributed by atoms with Crippen LogP contribution in [0.25, 0.3) is 0 Å². The number of hydrogen-bond acceptors (Lipinski definition) is 7. The van der Waals surface area contributed by atoms with Crippen molar-refractivity contribution in [2.24, 2.45) is 0 Å². The summed E-state index contributed by atoms with van der Waals surface area (Å²) in [5.74, 6) is -1.65. The fourth-order valence-electron chi connectivity index (χ4n) is 2.89.